The number of rotatable bonds is 7. The van der Waals surface area contributed by atoms with Crippen molar-refractivity contribution in [1.82, 2.24) is 34.8 Å². The van der Waals surface area contributed by atoms with Crippen molar-refractivity contribution in [1.29, 1.82) is 5.26 Å². The van der Waals surface area contributed by atoms with Gasteiger partial charge in [-0.1, -0.05) is 4.49 Å². The number of thiazole rings is 1. The number of aryl methyl sites for hydroxylation is 2. The van der Waals surface area contributed by atoms with Crippen LogP contribution in [0.4, 0.5) is 10.9 Å². The molecule has 1 amide bonds. The van der Waals surface area contributed by atoms with Crippen molar-refractivity contribution in [3.05, 3.63) is 39.2 Å². The molecule has 10 nitrogen and oxygen atoms in total. The molecule has 1 fully saturated rings. The lowest BCUT2D eigenvalue weighted by Crippen LogP contribution is -2.35. The zero-order chi connectivity index (χ0) is 22.5. The van der Waals surface area contributed by atoms with Gasteiger partial charge >= 0.3 is 0 Å². The van der Waals surface area contributed by atoms with Crippen LogP contribution in [0.5, 0.6) is 0 Å². The molecule has 1 aliphatic rings. The summed E-state index contributed by atoms with van der Waals surface area (Å²) in [4.78, 5) is 29.2. The molecule has 0 radical (unpaired) electrons. The van der Waals surface area contributed by atoms with Crippen LogP contribution < -0.4 is 10.6 Å². The van der Waals surface area contributed by atoms with Gasteiger partial charge in [-0.3, -0.25) is 9.69 Å². The second-order valence-electron chi connectivity index (χ2n) is 7.61. The van der Waals surface area contributed by atoms with Crippen molar-refractivity contribution in [2.75, 3.05) is 25.0 Å². The molecule has 3 aromatic rings. The second kappa shape index (κ2) is 10.1. The summed E-state index contributed by atoms with van der Waals surface area (Å²) in [6, 6.07) is 4.08. The van der Waals surface area contributed by atoms with E-state index in [1.807, 2.05) is 19.9 Å². The molecule has 0 aromatic carbocycles. The Morgan fingerprint density at radius 1 is 1.34 bits per heavy atom. The first kappa shape index (κ1) is 22.2. The van der Waals surface area contributed by atoms with E-state index in [1.54, 1.807) is 5.38 Å². The Hall–Kier alpha value is -3.01. The number of nitriles is 1. The molecule has 4 heterocycles. The Bertz CT molecular complexity index is 1140. The van der Waals surface area contributed by atoms with Crippen molar-refractivity contribution in [3.8, 4) is 6.07 Å². The molecular weight excluding hydrogens is 446 g/mol. The summed E-state index contributed by atoms with van der Waals surface area (Å²) in [6.07, 6.45) is 2.02. The lowest BCUT2D eigenvalue weighted by molar-refractivity contribution is 0.0947. The molecule has 166 valence electrons. The normalized spacial score (nSPS) is 16.5. The third-order valence-corrected chi connectivity index (χ3v) is 6.74. The zero-order valence-corrected chi connectivity index (χ0v) is 19.5. The number of likely N-dealkylation sites (tertiary alicyclic amines) is 1. The molecule has 1 saturated heterocycles. The summed E-state index contributed by atoms with van der Waals surface area (Å²) in [7, 11) is 0. The Labute approximate surface area is 193 Å². The van der Waals surface area contributed by atoms with E-state index in [9.17, 15) is 4.79 Å². The van der Waals surface area contributed by atoms with Gasteiger partial charge in [0.2, 0.25) is 0 Å². The van der Waals surface area contributed by atoms with Gasteiger partial charge in [0.05, 0.1) is 29.7 Å². The maximum absolute atomic E-state index is 12.4. The molecule has 0 spiro atoms. The average molecular weight is 470 g/mol. The highest BCUT2D eigenvalue weighted by molar-refractivity contribution is 7.14. The lowest BCUT2D eigenvalue weighted by atomic mass is 9.97. The van der Waals surface area contributed by atoms with Gasteiger partial charge in [-0.2, -0.15) is 5.26 Å². The lowest BCUT2D eigenvalue weighted by Gasteiger charge is -2.30. The van der Waals surface area contributed by atoms with Crippen molar-refractivity contribution in [2.45, 2.75) is 39.2 Å². The van der Waals surface area contributed by atoms with E-state index in [2.05, 4.69) is 41.2 Å². The smallest absolute Gasteiger partial charge is 0.271 e. The van der Waals surface area contributed by atoms with Crippen molar-refractivity contribution in [2.24, 2.45) is 0 Å². The van der Waals surface area contributed by atoms with E-state index in [4.69, 9.17) is 10.2 Å². The quantitative estimate of drug-likeness (QED) is 0.501. The minimum absolute atomic E-state index is 0.194. The number of nitrogens with one attached hydrogen (secondary N) is 2. The van der Waals surface area contributed by atoms with Crippen LogP contribution in [0.15, 0.2) is 11.4 Å². The van der Waals surface area contributed by atoms with E-state index in [0.29, 0.717) is 29.7 Å². The van der Waals surface area contributed by atoms with Crippen LogP contribution in [0, 0.1) is 25.2 Å². The number of hydrogen-bond acceptors (Lipinski definition) is 11. The van der Waals surface area contributed by atoms with E-state index < -0.39 is 0 Å². The molecule has 4 rings (SSSR count). The Morgan fingerprint density at radius 2 is 2.22 bits per heavy atom. The first-order chi connectivity index (χ1) is 15.5. The second-order valence-corrected chi connectivity index (χ2v) is 9.31. The van der Waals surface area contributed by atoms with Crippen molar-refractivity contribution >= 4 is 39.7 Å². The summed E-state index contributed by atoms with van der Waals surface area (Å²) in [5, 5.41) is 21.3. The Morgan fingerprint density at radius 3 is 3.00 bits per heavy atom. The highest BCUT2D eigenvalue weighted by atomic mass is 32.1. The molecular formula is C20H23N9OS2. The molecule has 0 aliphatic carbocycles. The fourth-order valence-corrected chi connectivity index (χ4v) is 4.83. The van der Waals surface area contributed by atoms with Crippen molar-refractivity contribution < 1.29 is 4.79 Å². The first-order valence-electron chi connectivity index (χ1n) is 10.3. The standard InChI is InChI=1S/C20H23N9OS2/c1-12-8-17(25-18(23-12)14-4-3-6-29(10-14)7-5-21)26-20-24-15(11-31-20)19(30)22-9-16-13(2)27-28-32-16/h8,11,14H,3-4,6-7,9-10H2,1-2H3,(H,22,30)(H,23,24,25,26)/t14-/m1/s1. The molecule has 32 heavy (non-hydrogen) atoms. The average Bonchev–Trinajstić information content (AvgIpc) is 3.41. The minimum Gasteiger partial charge on any atom is -0.346 e. The van der Waals surface area contributed by atoms with E-state index in [0.717, 1.165) is 48.0 Å². The van der Waals surface area contributed by atoms with Gasteiger partial charge in [-0.05, 0) is 44.8 Å². The van der Waals surface area contributed by atoms with Crippen LogP contribution in [0.25, 0.3) is 0 Å². The van der Waals surface area contributed by atoms with Crippen LogP contribution in [0.1, 0.15) is 51.3 Å². The van der Waals surface area contributed by atoms with E-state index in [-0.39, 0.29) is 11.8 Å². The van der Waals surface area contributed by atoms with Gasteiger partial charge in [0.25, 0.3) is 5.91 Å². The molecule has 0 saturated carbocycles. The van der Waals surface area contributed by atoms with E-state index >= 15 is 0 Å². The van der Waals surface area contributed by atoms with Gasteiger partial charge in [0, 0.05) is 29.6 Å². The minimum atomic E-state index is -0.249. The van der Waals surface area contributed by atoms with Crippen LogP contribution in [-0.4, -0.2) is 55.0 Å². The number of anilines is 2. The third-order valence-electron chi connectivity index (χ3n) is 5.16. The maximum Gasteiger partial charge on any atom is 0.271 e. The van der Waals surface area contributed by atoms with E-state index in [1.165, 1.54) is 22.9 Å². The Balaban J connectivity index is 1.41. The topological polar surface area (TPSA) is 133 Å². The number of aromatic nitrogens is 5. The summed E-state index contributed by atoms with van der Waals surface area (Å²) >= 11 is 2.62. The monoisotopic (exact) mass is 469 g/mol. The van der Waals surface area contributed by atoms with Crippen molar-refractivity contribution in [3.63, 3.8) is 0 Å². The third kappa shape index (κ3) is 5.42. The predicted molar refractivity (Wildman–Crippen MR) is 122 cm³/mol. The summed E-state index contributed by atoms with van der Waals surface area (Å²) in [5.74, 6) is 1.37. The van der Waals surface area contributed by atoms with Crippen LogP contribution >= 0.6 is 22.9 Å². The summed E-state index contributed by atoms with van der Waals surface area (Å²) in [6.45, 7) is 6.32. The molecule has 1 aliphatic heterocycles. The van der Waals surface area contributed by atoms with Crippen LogP contribution in [0.3, 0.4) is 0 Å². The predicted octanol–water partition coefficient (Wildman–Crippen LogP) is 2.78. The highest BCUT2D eigenvalue weighted by Crippen LogP contribution is 2.27. The molecule has 3 aromatic heterocycles. The Kier molecular flexibility index (Phi) is 6.99. The SMILES string of the molecule is Cc1cc(Nc2nc(C(=O)NCc3snnc3C)cs2)nc([C@@H]2CCCN(CC#N)C2)n1. The molecule has 0 bridgehead atoms. The number of carbonyl (C=O) groups is 1. The fraction of sp³-hybridized carbons (Fsp3) is 0.450. The highest BCUT2D eigenvalue weighted by Gasteiger charge is 2.24. The molecule has 1 atom stereocenters. The fourth-order valence-electron chi connectivity index (χ4n) is 3.56. The van der Waals surface area contributed by atoms with Gasteiger partial charge in [0.15, 0.2) is 5.13 Å². The number of nitrogens with zero attached hydrogens (tertiary/aromatic N) is 7. The van der Waals surface area contributed by atoms with Gasteiger partial charge in [-0.25, -0.2) is 15.0 Å². The first-order valence-corrected chi connectivity index (χ1v) is 11.9. The molecule has 12 heteroatoms. The largest absolute Gasteiger partial charge is 0.346 e. The zero-order valence-electron chi connectivity index (χ0n) is 17.8. The van der Waals surface area contributed by atoms with Gasteiger partial charge in [0.1, 0.15) is 17.3 Å². The number of piperidine rings is 1. The number of hydrogen-bond donors (Lipinski definition) is 2. The van der Waals surface area contributed by atoms with Crippen LogP contribution in [0.2, 0.25) is 0 Å². The van der Waals surface area contributed by atoms with Crippen LogP contribution in [-0.2, 0) is 6.54 Å². The number of amides is 1. The number of carbonyl (C=O) groups excluding carboxylic acids is 1. The maximum atomic E-state index is 12.4. The summed E-state index contributed by atoms with van der Waals surface area (Å²) in [5.41, 5.74) is 2.02. The van der Waals surface area contributed by atoms with Gasteiger partial charge < -0.3 is 10.6 Å². The molecule has 0 unspecified atom stereocenters. The summed E-state index contributed by atoms with van der Waals surface area (Å²) < 4.78 is 3.87. The molecule has 2 N–H and O–H groups in total. The van der Waals surface area contributed by atoms with Gasteiger partial charge in [-0.15, -0.1) is 16.4 Å².